The summed E-state index contributed by atoms with van der Waals surface area (Å²) in [4.78, 5) is 12.2. The van der Waals surface area contributed by atoms with Crippen LogP contribution in [-0.4, -0.2) is 19.2 Å². The lowest BCUT2D eigenvalue weighted by molar-refractivity contribution is -0.0515. The van der Waals surface area contributed by atoms with Gasteiger partial charge in [0.25, 0.3) is 0 Å². The summed E-state index contributed by atoms with van der Waals surface area (Å²) in [6.07, 6.45) is 2.05. The molecule has 132 valence electrons. The summed E-state index contributed by atoms with van der Waals surface area (Å²) in [5.41, 5.74) is 0.108. The predicted molar refractivity (Wildman–Crippen MR) is 82.7 cm³/mol. The van der Waals surface area contributed by atoms with Crippen molar-refractivity contribution in [1.29, 1.82) is 0 Å². The first kappa shape index (κ1) is 17.1. The van der Waals surface area contributed by atoms with Crippen molar-refractivity contribution >= 4 is 5.97 Å². The van der Waals surface area contributed by atoms with E-state index < -0.39 is 18.4 Å². The molecule has 3 rings (SSSR count). The van der Waals surface area contributed by atoms with E-state index in [1.807, 2.05) is 0 Å². The Labute approximate surface area is 142 Å². The molecule has 25 heavy (non-hydrogen) atoms. The third-order valence-electron chi connectivity index (χ3n) is 3.59. The number of alkyl halides is 2. The van der Waals surface area contributed by atoms with Gasteiger partial charge in [-0.05, 0) is 61.2 Å². The van der Waals surface area contributed by atoms with Crippen molar-refractivity contribution in [2.24, 2.45) is 5.92 Å². The largest absolute Gasteiger partial charge is 0.489 e. The van der Waals surface area contributed by atoms with Crippen molar-refractivity contribution in [2.45, 2.75) is 19.5 Å². The second kappa shape index (κ2) is 7.46. The van der Waals surface area contributed by atoms with Crippen molar-refractivity contribution < 1.29 is 32.2 Å². The van der Waals surface area contributed by atoms with Gasteiger partial charge in [-0.15, -0.1) is 0 Å². The summed E-state index contributed by atoms with van der Waals surface area (Å²) in [6, 6.07) is 8.77. The maximum Gasteiger partial charge on any atom is 0.387 e. The summed E-state index contributed by atoms with van der Waals surface area (Å²) < 4.78 is 52.9. The number of carbonyl (C=O) groups is 1. The van der Waals surface area contributed by atoms with E-state index in [1.54, 1.807) is 0 Å². The zero-order chi connectivity index (χ0) is 17.8. The molecule has 0 aliphatic heterocycles. The standard InChI is InChI=1S/C18H15F3O4/c19-13-4-6-14(7-5-13)24-17(22)12-3-8-15(25-18(20)21)16(9-12)23-10-11-1-2-11/h3-9,11,18H,1-2,10H2. The predicted octanol–water partition coefficient (Wildman–Crippen LogP) is 4.44. The molecule has 2 aromatic rings. The minimum atomic E-state index is -3.00. The van der Waals surface area contributed by atoms with Crippen LogP contribution in [0.1, 0.15) is 23.2 Å². The molecule has 0 radical (unpaired) electrons. The van der Waals surface area contributed by atoms with Crippen molar-refractivity contribution in [3.05, 3.63) is 53.8 Å². The Bertz CT molecular complexity index is 742. The number of esters is 1. The van der Waals surface area contributed by atoms with Gasteiger partial charge in [-0.1, -0.05) is 0 Å². The van der Waals surface area contributed by atoms with E-state index in [1.165, 1.54) is 30.3 Å². The van der Waals surface area contributed by atoms with E-state index >= 15 is 0 Å². The van der Waals surface area contributed by atoms with Crippen molar-refractivity contribution in [2.75, 3.05) is 6.61 Å². The Kier molecular flexibility index (Phi) is 5.11. The summed E-state index contributed by atoms with van der Waals surface area (Å²) in [5, 5.41) is 0. The molecule has 1 saturated carbocycles. The first-order valence-electron chi connectivity index (χ1n) is 7.70. The Balaban J connectivity index is 1.75. The summed E-state index contributed by atoms with van der Waals surface area (Å²) in [5.74, 6) is -0.695. The molecule has 4 nitrogen and oxygen atoms in total. The van der Waals surface area contributed by atoms with Crippen LogP contribution in [0.25, 0.3) is 0 Å². The molecule has 7 heteroatoms. The molecule has 0 atom stereocenters. The Morgan fingerprint density at radius 1 is 1.08 bits per heavy atom. The highest BCUT2D eigenvalue weighted by Gasteiger charge is 2.23. The third kappa shape index (κ3) is 4.89. The molecular formula is C18H15F3O4. The summed E-state index contributed by atoms with van der Waals surface area (Å²) >= 11 is 0. The number of carbonyl (C=O) groups excluding carboxylic acids is 1. The molecule has 0 heterocycles. The van der Waals surface area contributed by atoms with Crippen LogP contribution in [0.4, 0.5) is 13.2 Å². The molecule has 1 aliphatic carbocycles. The molecule has 0 bridgehead atoms. The lowest BCUT2D eigenvalue weighted by atomic mass is 10.2. The van der Waals surface area contributed by atoms with Crippen LogP contribution in [0.2, 0.25) is 0 Å². The van der Waals surface area contributed by atoms with Gasteiger partial charge in [0.05, 0.1) is 12.2 Å². The smallest absolute Gasteiger partial charge is 0.387 e. The van der Waals surface area contributed by atoms with Crippen LogP contribution in [-0.2, 0) is 0 Å². The van der Waals surface area contributed by atoms with E-state index in [2.05, 4.69) is 4.74 Å². The average Bonchev–Trinajstić information content (AvgIpc) is 3.40. The number of benzene rings is 2. The molecule has 0 spiro atoms. The Morgan fingerprint density at radius 3 is 2.44 bits per heavy atom. The normalized spacial score (nSPS) is 13.6. The monoisotopic (exact) mass is 352 g/mol. The van der Waals surface area contributed by atoms with Crippen molar-refractivity contribution in [3.63, 3.8) is 0 Å². The lowest BCUT2D eigenvalue weighted by Gasteiger charge is -2.13. The maximum atomic E-state index is 12.9. The SMILES string of the molecule is O=C(Oc1ccc(F)cc1)c1ccc(OC(F)F)c(OCC2CC2)c1. The fourth-order valence-electron chi connectivity index (χ4n) is 2.10. The topological polar surface area (TPSA) is 44.8 Å². The molecule has 1 fully saturated rings. The van der Waals surface area contributed by atoms with E-state index in [4.69, 9.17) is 9.47 Å². The first-order chi connectivity index (χ1) is 12.0. The Morgan fingerprint density at radius 2 is 1.80 bits per heavy atom. The zero-order valence-electron chi connectivity index (χ0n) is 13.1. The van der Waals surface area contributed by atoms with Crippen LogP contribution in [0.3, 0.4) is 0 Å². The second-order valence-electron chi connectivity index (χ2n) is 5.64. The molecule has 0 unspecified atom stereocenters. The molecule has 0 amide bonds. The minimum Gasteiger partial charge on any atom is -0.489 e. The minimum absolute atomic E-state index is 0.0563. The number of ether oxygens (including phenoxy) is 3. The van der Waals surface area contributed by atoms with E-state index in [0.29, 0.717) is 12.5 Å². The summed E-state index contributed by atoms with van der Waals surface area (Å²) in [7, 11) is 0. The van der Waals surface area contributed by atoms with Crippen LogP contribution < -0.4 is 14.2 Å². The van der Waals surface area contributed by atoms with Crippen molar-refractivity contribution in [1.82, 2.24) is 0 Å². The van der Waals surface area contributed by atoms with E-state index in [9.17, 15) is 18.0 Å². The quantitative estimate of drug-likeness (QED) is 0.546. The van der Waals surface area contributed by atoms with Crippen LogP contribution >= 0.6 is 0 Å². The molecule has 0 saturated heterocycles. The van der Waals surface area contributed by atoms with Gasteiger partial charge in [0.2, 0.25) is 0 Å². The van der Waals surface area contributed by atoms with Gasteiger partial charge in [0, 0.05) is 0 Å². The maximum absolute atomic E-state index is 12.9. The second-order valence-corrected chi connectivity index (χ2v) is 5.64. The number of hydrogen-bond donors (Lipinski definition) is 0. The highest BCUT2D eigenvalue weighted by Crippen LogP contribution is 2.34. The fourth-order valence-corrected chi connectivity index (χ4v) is 2.10. The van der Waals surface area contributed by atoms with Gasteiger partial charge < -0.3 is 14.2 Å². The molecular weight excluding hydrogens is 337 g/mol. The van der Waals surface area contributed by atoms with Crippen molar-refractivity contribution in [3.8, 4) is 17.2 Å². The zero-order valence-corrected chi connectivity index (χ0v) is 13.1. The fraction of sp³-hybridized carbons (Fsp3) is 0.278. The van der Waals surface area contributed by atoms with E-state index in [-0.39, 0.29) is 22.8 Å². The third-order valence-corrected chi connectivity index (χ3v) is 3.59. The van der Waals surface area contributed by atoms with Gasteiger partial charge in [0.1, 0.15) is 11.6 Å². The molecule has 0 N–H and O–H groups in total. The van der Waals surface area contributed by atoms with Crippen LogP contribution in [0, 0.1) is 11.7 Å². The highest BCUT2D eigenvalue weighted by molar-refractivity contribution is 5.91. The van der Waals surface area contributed by atoms with Crippen LogP contribution in [0.5, 0.6) is 17.2 Å². The number of hydrogen-bond acceptors (Lipinski definition) is 4. The average molecular weight is 352 g/mol. The number of halogens is 3. The Hall–Kier alpha value is -2.70. The first-order valence-corrected chi connectivity index (χ1v) is 7.70. The van der Waals surface area contributed by atoms with Gasteiger partial charge in [0.15, 0.2) is 11.5 Å². The van der Waals surface area contributed by atoms with Gasteiger partial charge >= 0.3 is 12.6 Å². The highest BCUT2D eigenvalue weighted by atomic mass is 19.3. The number of rotatable bonds is 7. The van der Waals surface area contributed by atoms with Crippen LogP contribution in [0.15, 0.2) is 42.5 Å². The molecule has 1 aliphatic rings. The van der Waals surface area contributed by atoms with Gasteiger partial charge in [-0.3, -0.25) is 0 Å². The molecule has 2 aromatic carbocycles. The van der Waals surface area contributed by atoms with Gasteiger partial charge in [-0.2, -0.15) is 8.78 Å². The summed E-state index contributed by atoms with van der Waals surface area (Å²) in [6.45, 7) is -2.63. The van der Waals surface area contributed by atoms with Gasteiger partial charge in [-0.25, -0.2) is 9.18 Å². The lowest BCUT2D eigenvalue weighted by Crippen LogP contribution is -2.11. The van der Waals surface area contributed by atoms with E-state index in [0.717, 1.165) is 25.0 Å². The molecule has 0 aromatic heterocycles.